The van der Waals surface area contributed by atoms with E-state index in [2.05, 4.69) is 52.4 Å². The molecule has 0 bridgehead atoms. The highest BCUT2D eigenvalue weighted by molar-refractivity contribution is 9.10. The van der Waals surface area contributed by atoms with Crippen molar-refractivity contribution in [3.8, 4) is 11.8 Å². The zero-order chi connectivity index (χ0) is 14.5. The van der Waals surface area contributed by atoms with Crippen LogP contribution in [0, 0.1) is 18.3 Å². The van der Waals surface area contributed by atoms with Gasteiger partial charge in [-0.25, -0.2) is 0 Å². The van der Waals surface area contributed by atoms with Gasteiger partial charge >= 0.3 is 0 Å². The Kier molecular flexibility index (Phi) is 4.65. The minimum absolute atomic E-state index is 0.576. The number of aryl methyl sites for hydroxylation is 1. The number of nitrogens with one attached hydrogen (secondary N) is 1. The van der Waals surface area contributed by atoms with Crippen LogP contribution in [0.15, 0.2) is 40.9 Å². The van der Waals surface area contributed by atoms with Gasteiger partial charge in [-0.3, -0.25) is 0 Å². The first-order chi connectivity index (χ1) is 9.65. The van der Waals surface area contributed by atoms with Crippen molar-refractivity contribution in [3.63, 3.8) is 0 Å². The van der Waals surface area contributed by atoms with Crippen LogP contribution in [0.4, 0.5) is 5.69 Å². The minimum Gasteiger partial charge on any atom is -0.495 e. The van der Waals surface area contributed by atoms with Crippen LogP contribution in [0.5, 0.6) is 5.75 Å². The van der Waals surface area contributed by atoms with Crippen LogP contribution >= 0.6 is 15.9 Å². The molecule has 1 N–H and O–H groups in total. The molecule has 20 heavy (non-hydrogen) atoms. The van der Waals surface area contributed by atoms with Gasteiger partial charge in [-0.15, -0.1) is 0 Å². The molecule has 4 heteroatoms. The van der Waals surface area contributed by atoms with Crippen LogP contribution in [-0.4, -0.2) is 7.11 Å². The van der Waals surface area contributed by atoms with Crippen LogP contribution in [0.3, 0.4) is 0 Å². The van der Waals surface area contributed by atoms with Crippen LogP contribution in [-0.2, 0) is 6.54 Å². The number of benzene rings is 2. The predicted molar refractivity (Wildman–Crippen MR) is 83.9 cm³/mol. The number of ether oxygens (including phenoxy) is 1. The van der Waals surface area contributed by atoms with E-state index in [9.17, 15) is 5.26 Å². The predicted octanol–water partition coefficient (Wildman–Crippen LogP) is 4.25. The fourth-order valence-corrected chi connectivity index (χ4v) is 2.59. The van der Waals surface area contributed by atoms with Crippen LogP contribution in [0.25, 0.3) is 0 Å². The SMILES string of the molecule is COc1cccc(C#N)c1NCc1ccc(C)cc1Br. The Morgan fingerprint density at radius 3 is 2.75 bits per heavy atom. The van der Waals surface area contributed by atoms with Gasteiger partial charge in [0.1, 0.15) is 11.8 Å². The molecule has 0 saturated heterocycles. The number of nitriles is 1. The van der Waals surface area contributed by atoms with E-state index in [1.54, 1.807) is 13.2 Å². The zero-order valence-corrected chi connectivity index (χ0v) is 13.0. The van der Waals surface area contributed by atoms with E-state index in [1.807, 2.05) is 12.1 Å². The Bertz CT molecular complexity index is 662. The minimum atomic E-state index is 0.576. The van der Waals surface area contributed by atoms with Crippen LogP contribution in [0.2, 0.25) is 0 Å². The van der Waals surface area contributed by atoms with Gasteiger partial charge < -0.3 is 10.1 Å². The molecular formula is C16H15BrN2O. The molecule has 0 aromatic heterocycles. The van der Waals surface area contributed by atoms with Gasteiger partial charge in [0.05, 0.1) is 18.4 Å². The van der Waals surface area contributed by atoms with Crippen molar-refractivity contribution in [2.75, 3.05) is 12.4 Å². The average Bonchev–Trinajstić information content (AvgIpc) is 2.46. The van der Waals surface area contributed by atoms with Gasteiger partial charge in [0.25, 0.3) is 0 Å². The molecule has 102 valence electrons. The second-order valence-corrected chi connectivity index (χ2v) is 5.30. The summed E-state index contributed by atoms with van der Waals surface area (Å²) in [7, 11) is 1.60. The van der Waals surface area contributed by atoms with Crippen molar-refractivity contribution < 1.29 is 4.74 Å². The summed E-state index contributed by atoms with van der Waals surface area (Å²) < 4.78 is 6.35. The summed E-state index contributed by atoms with van der Waals surface area (Å²) in [4.78, 5) is 0. The van der Waals surface area contributed by atoms with E-state index in [0.717, 1.165) is 15.7 Å². The van der Waals surface area contributed by atoms with Gasteiger partial charge in [-0.1, -0.05) is 34.1 Å². The highest BCUT2D eigenvalue weighted by Crippen LogP contribution is 2.29. The number of rotatable bonds is 4. The zero-order valence-electron chi connectivity index (χ0n) is 11.4. The molecule has 0 heterocycles. The maximum absolute atomic E-state index is 9.17. The number of halogens is 1. The molecule has 0 aliphatic heterocycles. The van der Waals surface area contributed by atoms with E-state index in [4.69, 9.17) is 4.74 Å². The maximum Gasteiger partial charge on any atom is 0.143 e. The molecule has 0 fully saturated rings. The monoisotopic (exact) mass is 330 g/mol. The molecule has 0 spiro atoms. The van der Waals surface area contributed by atoms with Gasteiger partial charge in [0, 0.05) is 11.0 Å². The molecule has 0 aliphatic rings. The fourth-order valence-electron chi connectivity index (χ4n) is 1.96. The number of methoxy groups -OCH3 is 1. The number of anilines is 1. The first-order valence-corrected chi connectivity index (χ1v) is 7.01. The van der Waals surface area contributed by atoms with Crippen LogP contribution < -0.4 is 10.1 Å². The van der Waals surface area contributed by atoms with E-state index in [-0.39, 0.29) is 0 Å². The lowest BCUT2D eigenvalue weighted by atomic mass is 10.1. The van der Waals surface area contributed by atoms with Gasteiger partial charge in [-0.2, -0.15) is 5.26 Å². The van der Waals surface area contributed by atoms with Crippen molar-refractivity contribution in [2.24, 2.45) is 0 Å². The second-order valence-electron chi connectivity index (χ2n) is 4.44. The van der Waals surface area contributed by atoms with E-state index in [1.165, 1.54) is 5.56 Å². The highest BCUT2D eigenvalue weighted by Gasteiger charge is 2.09. The summed E-state index contributed by atoms with van der Waals surface area (Å²) in [5.41, 5.74) is 3.64. The van der Waals surface area contributed by atoms with Crippen molar-refractivity contribution in [1.29, 1.82) is 5.26 Å². The lowest BCUT2D eigenvalue weighted by molar-refractivity contribution is 0.416. The molecule has 2 rings (SSSR count). The third kappa shape index (κ3) is 3.12. The molecule has 2 aromatic carbocycles. The Labute approximate surface area is 127 Å². The molecule has 0 amide bonds. The summed E-state index contributed by atoms with van der Waals surface area (Å²) in [6.07, 6.45) is 0. The van der Waals surface area contributed by atoms with Gasteiger partial charge in [0.15, 0.2) is 0 Å². The lowest BCUT2D eigenvalue weighted by Crippen LogP contribution is -2.04. The molecule has 0 atom stereocenters. The smallest absolute Gasteiger partial charge is 0.143 e. The topological polar surface area (TPSA) is 45.0 Å². The van der Waals surface area contributed by atoms with E-state index >= 15 is 0 Å². The van der Waals surface area contributed by atoms with E-state index < -0.39 is 0 Å². The molecule has 2 aromatic rings. The van der Waals surface area contributed by atoms with Gasteiger partial charge in [0.2, 0.25) is 0 Å². The van der Waals surface area contributed by atoms with Crippen molar-refractivity contribution in [3.05, 3.63) is 57.6 Å². The third-order valence-electron chi connectivity index (χ3n) is 3.03. The molecule has 0 unspecified atom stereocenters. The lowest BCUT2D eigenvalue weighted by Gasteiger charge is -2.13. The molecular weight excluding hydrogens is 316 g/mol. The van der Waals surface area contributed by atoms with Gasteiger partial charge in [-0.05, 0) is 36.2 Å². The number of para-hydroxylation sites is 1. The molecule has 0 saturated carbocycles. The highest BCUT2D eigenvalue weighted by atomic mass is 79.9. The van der Waals surface area contributed by atoms with Crippen molar-refractivity contribution >= 4 is 21.6 Å². The first-order valence-electron chi connectivity index (χ1n) is 6.21. The fraction of sp³-hybridized carbons (Fsp3) is 0.188. The maximum atomic E-state index is 9.17. The standard InChI is InChI=1S/C16H15BrN2O/c1-11-6-7-13(14(17)8-11)10-19-16-12(9-18)4-3-5-15(16)20-2/h3-8,19H,10H2,1-2H3. The molecule has 0 radical (unpaired) electrons. The van der Waals surface area contributed by atoms with E-state index in [0.29, 0.717) is 17.9 Å². The Morgan fingerprint density at radius 1 is 1.30 bits per heavy atom. The largest absolute Gasteiger partial charge is 0.495 e. The molecule has 0 aliphatic carbocycles. The average molecular weight is 331 g/mol. The Hall–Kier alpha value is -1.99. The number of nitrogens with zero attached hydrogens (tertiary/aromatic N) is 1. The van der Waals surface area contributed by atoms with Crippen LogP contribution in [0.1, 0.15) is 16.7 Å². The van der Waals surface area contributed by atoms with Crippen molar-refractivity contribution in [2.45, 2.75) is 13.5 Å². The quantitative estimate of drug-likeness (QED) is 0.911. The first kappa shape index (κ1) is 14.4. The number of hydrogen-bond acceptors (Lipinski definition) is 3. The Morgan fingerprint density at radius 2 is 2.10 bits per heavy atom. The second kappa shape index (κ2) is 6.44. The normalized spacial score (nSPS) is 9.90. The summed E-state index contributed by atoms with van der Waals surface area (Å²) in [6, 6.07) is 13.8. The Balaban J connectivity index is 2.25. The summed E-state index contributed by atoms with van der Waals surface area (Å²) in [5, 5.41) is 12.5. The summed E-state index contributed by atoms with van der Waals surface area (Å²) in [5.74, 6) is 0.673. The van der Waals surface area contributed by atoms with Crippen molar-refractivity contribution in [1.82, 2.24) is 0 Å². The third-order valence-corrected chi connectivity index (χ3v) is 3.77. The summed E-state index contributed by atoms with van der Waals surface area (Å²) in [6.45, 7) is 2.67. The summed E-state index contributed by atoms with van der Waals surface area (Å²) >= 11 is 3.56. The number of hydrogen-bond donors (Lipinski definition) is 1. The molecule has 3 nitrogen and oxygen atoms in total.